The Balaban J connectivity index is 1.83. The Kier molecular flexibility index (Phi) is 5.07. The fourth-order valence-electron chi connectivity index (χ4n) is 3.59. The van der Waals surface area contributed by atoms with Gasteiger partial charge in [0.15, 0.2) is 11.5 Å². The average molecular weight is 427 g/mol. The highest BCUT2D eigenvalue weighted by Gasteiger charge is 2.72. The summed E-state index contributed by atoms with van der Waals surface area (Å²) in [4.78, 5) is 52.7. The van der Waals surface area contributed by atoms with E-state index in [1.165, 1.54) is 18.2 Å². The molecule has 0 saturated carbocycles. The average Bonchev–Trinajstić information content (AvgIpc) is 2.92. The van der Waals surface area contributed by atoms with E-state index in [-0.39, 0.29) is 18.6 Å². The lowest BCUT2D eigenvalue weighted by Gasteiger charge is -2.52. The van der Waals surface area contributed by atoms with Gasteiger partial charge in [0, 0.05) is 9.27 Å². The van der Waals surface area contributed by atoms with E-state index in [4.69, 9.17) is 0 Å². The summed E-state index contributed by atoms with van der Waals surface area (Å²) in [5, 5.41) is 22.8. The first-order valence-electron chi connectivity index (χ1n) is 8.43. The molecule has 0 bridgehead atoms. The fourth-order valence-corrected chi connectivity index (χ4v) is 5.24. The van der Waals surface area contributed by atoms with Crippen LogP contribution in [0.3, 0.4) is 0 Å². The Labute approximate surface area is 168 Å². The molecule has 2 heterocycles. The van der Waals surface area contributed by atoms with Crippen molar-refractivity contribution in [1.82, 2.24) is 15.5 Å². The van der Waals surface area contributed by atoms with Crippen molar-refractivity contribution in [2.75, 3.05) is 0 Å². The largest absolute Gasteiger partial charge is 0.504 e. The second kappa shape index (κ2) is 7.10. The monoisotopic (exact) mass is 427 g/mol. The van der Waals surface area contributed by atoms with Gasteiger partial charge >= 0.3 is 5.97 Å². The summed E-state index contributed by atoms with van der Waals surface area (Å²) >= 11 is 1.10. The summed E-state index contributed by atoms with van der Waals surface area (Å²) in [7, 11) is 0. The van der Waals surface area contributed by atoms with Crippen LogP contribution in [0.25, 0.3) is 0 Å². The number of β-lactam (4-membered cyclic amide) rings is 1. The number of benzene rings is 1. The molecule has 2 aliphatic rings. The number of phenols is 2. The first kappa shape index (κ1) is 20.7. The van der Waals surface area contributed by atoms with Gasteiger partial charge in [0.25, 0.3) is 5.91 Å². The number of fused-ring (bicyclic) bond motifs is 1. The van der Waals surface area contributed by atoms with Gasteiger partial charge in [0.05, 0.1) is 6.42 Å². The van der Waals surface area contributed by atoms with Crippen molar-refractivity contribution in [3.63, 3.8) is 0 Å². The maximum absolute atomic E-state index is 12.8. The maximum Gasteiger partial charge on any atom is 0.372 e. The summed E-state index contributed by atoms with van der Waals surface area (Å²) in [5.74, 6) is -3.46. The van der Waals surface area contributed by atoms with Gasteiger partial charge in [-0.1, -0.05) is 6.07 Å². The number of halogens is 1. The highest BCUT2D eigenvalue weighted by atomic mass is 32.2. The fraction of sp³-hybridized carbons (Fsp3) is 0.412. The number of hydrogen-bond acceptors (Lipinski definition) is 8. The van der Waals surface area contributed by atoms with Gasteiger partial charge in [-0.3, -0.25) is 19.3 Å². The van der Waals surface area contributed by atoms with Crippen molar-refractivity contribution in [1.29, 1.82) is 0 Å². The van der Waals surface area contributed by atoms with Crippen LogP contribution in [0, 0.1) is 0 Å². The Morgan fingerprint density at radius 3 is 2.62 bits per heavy atom. The van der Waals surface area contributed by atoms with Crippen molar-refractivity contribution in [2.45, 2.75) is 42.1 Å². The number of thioether (sulfide) groups is 1. The van der Waals surface area contributed by atoms with Crippen molar-refractivity contribution >= 4 is 36.0 Å². The molecule has 4 N–H and O–H groups in total. The van der Waals surface area contributed by atoms with Crippen LogP contribution in [-0.2, 0) is 30.5 Å². The molecule has 0 radical (unpaired) electrons. The lowest BCUT2D eigenvalue weighted by molar-refractivity contribution is -0.197. The van der Waals surface area contributed by atoms with Crippen LogP contribution in [0.1, 0.15) is 19.4 Å². The Morgan fingerprint density at radius 1 is 1.34 bits per heavy atom. The lowest BCUT2D eigenvalue weighted by atomic mass is 9.91. The van der Waals surface area contributed by atoms with E-state index in [2.05, 4.69) is 15.6 Å². The molecular formula is C17H18FN3O7S. The van der Waals surface area contributed by atoms with Crippen molar-refractivity contribution in [2.24, 2.45) is 0 Å². The first-order valence-corrected chi connectivity index (χ1v) is 9.31. The Morgan fingerprint density at radius 2 is 2.03 bits per heavy atom. The Hall–Kier alpha value is -3.02. The standard InChI is InChI=1S/C17H18FN3O7S/c1-16(2)12(13(26)28-18)21-14(27)17(19-7-22,15(21)29-16)20-11(25)6-8-3-4-9(23)10(24)5-8/h3-5,7,12,15,23-24H,6H2,1-2H3,(H,19,22)(H,20,25)/t12-,15+,17+/m0/s1. The summed E-state index contributed by atoms with van der Waals surface area (Å²) in [6, 6.07) is 2.56. The summed E-state index contributed by atoms with van der Waals surface area (Å²) < 4.78 is 11.6. The number of carbonyl (C=O) groups is 4. The molecule has 2 fully saturated rings. The third-order valence-electron chi connectivity index (χ3n) is 4.87. The third kappa shape index (κ3) is 3.22. The summed E-state index contributed by atoms with van der Waals surface area (Å²) in [5.41, 5.74) is -1.47. The van der Waals surface area contributed by atoms with E-state index in [0.717, 1.165) is 16.7 Å². The van der Waals surface area contributed by atoms with E-state index in [9.17, 15) is 33.9 Å². The number of hydrogen-bond donors (Lipinski definition) is 4. The van der Waals surface area contributed by atoms with Gasteiger partial charge < -0.3 is 25.7 Å². The molecule has 0 unspecified atom stereocenters. The molecule has 0 aromatic heterocycles. The molecule has 156 valence electrons. The van der Waals surface area contributed by atoms with Crippen LogP contribution in [0.2, 0.25) is 0 Å². The van der Waals surface area contributed by atoms with Gasteiger partial charge in [0.2, 0.25) is 18.0 Å². The number of rotatable bonds is 6. The minimum absolute atomic E-state index is 0.246. The molecular weight excluding hydrogens is 409 g/mol. The number of phenolic OH excluding ortho intramolecular Hbond substituents is 2. The topological polar surface area (TPSA) is 145 Å². The van der Waals surface area contributed by atoms with E-state index in [1.807, 2.05) is 0 Å². The SMILES string of the molecule is CC1(C)S[C@H]2N(C(=O)[C@@]2(NC=O)NC(=O)Cc2ccc(O)c(O)c2)[C@H]1C(=O)OF. The van der Waals surface area contributed by atoms with E-state index < -0.39 is 45.4 Å². The summed E-state index contributed by atoms with van der Waals surface area (Å²) in [6.45, 7) is 3.22. The normalized spacial score (nSPS) is 26.9. The molecule has 29 heavy (non-hydrogen) atoms. The first-order chi connectivity index (χ1) is 13.6. The van der Waals surface area contributed by atoms with Gasteiger partial charge in [-0.15, -0.1) is 11.8 Å². The third-order valence-corrected chi connectivity index (χ3v) is 6.51. The van der Waals surface area contributed by atoms with Gasteiger partial charge in [-0.2, -0.15) is 0 Å². The molecule has 3 amide bonds. The Bertz CT molecular complexity index is 896. The number of amides is 3. The van der Waals surface area contributed by atoms with Crippen molar-refractivity contribution in [3.05, 3.63) is 23.8 Å². The minimum Gasteiger partial charge on any atom is -0.504 e. The van der Waals surface area contributed by atoms with Crippen LogP contribution >= 0.6 is 11.8 Å². The molecule has 10 nitrogen and oxygen atoms in total. The van der Waals surface area contributed by atoms with Crippen LogP contribution in [0.15, 0.2) is 18.2 Å². The van der Waals surface area contributed by atoms with Gasteiger partial charge in [0.1, 0.15) is 11.4 Å². The zero-order valence-electron chi connectivity index (χ0n) is 15.3. The van der Waals surface area contributed by atoms with Crippen LogP contribution in [-0.4, -0.2) is 61.1 Å². The van der Waals surface area contributed by atoms with E-state index in [1.54, 1.807) is 13.8 Å². The molecule has 2 saturated heterocycles. The van der Waals surface area contributed by atoms with Crippen LogP contribution in [0.4, 0.5) is 4.53 Å². The molecule has 3 rings (SSSR count). The molecule has 0 aliphatic carbocycles. The van der Waals surface area contributed by atoms with Gasteiger partial charge in [-0.25, -0.2) is 4.79 Å². The highest BCUT2D eigenvalue weighted by molar-refractivity contribution is 8.01. The molecule has 12 heteroatoms. The molecule has 2 aliphatic heterocycles. The lowest BCUT2D eigenvalue weighted by Crippen LogP contribution is -2.84. The second-order valence-corrected chi connectivity index (χ2v) is 8.94. The van der Waals surface area contributed by atoms with Gasteiger partial charge in [-0.05, 0) is 31.5 Å². The smallest absolute Gasteiger partial charge is 0.372 e. The molecule has 1 aromatic carbocycles. The quantitative estimate of drug-likeness (QED) is 0.209. The number of nitrogens with zero attached hydrogens (tertiary/aromatic N) is 1. The van der Waals surface area contributed by atoms with Crippen LogP contribution in [0.5, 0.6) is 11.5 Å². The van der Waals surface area contributed by atoms with E-state index >= 15 is 0 Å². The predicted molar refractivity (Wildman–Crippen MR) is 96.8 cm³/mol. The molecule has 0 spiro atoms. The van der Waals surface area contributed by atoms with E-state index in [0.29, 0.717) is 5.56 Å². The highest BCUT2D eigenvalue weighted by Crippen LogP contribution is 2.54. The van der Waals surface area contributed by atoms with Crippen LogP contribution < -0.4 is 10.6 Å². The second-order valence-electron chi connectivity index (χ2n) is 7.20. The number of aromatic hydroxyl groups is 2. The zero-order valence-corrected chi connectivity index (χ0v) is 16.2. The number of carbonyl (C=O) groups excluding carboxylic acids is 4. The van der Waals surface area contributed by atoms with Crippen molar-refractivity contribution < 1.29 is 38.9 Å². The predicted octanol–water partition coefficient (Wildman–Crippen LogP) is -0.311. The number of nitrogens with one attached hydrogen (secondary N) is 2. The summed E-state index contributed by atoms with van der Waals surface area (Å²) in [6.07, 6.45) is -0.0175. The minimum atomic E-state index is -1.81. The van der Waals surface area contributed by atoms with Crippen molar-refractivity contribution in [3.8, 4) is 11.5 Å². The molecule has 1 aromatic rings. The maximum atomic E-state index is 12.8. The molecule has 3 atom stereocenters. The zero-order chi connectivity index (χ0) is 21.6.